The number of nitrogens with zero attached hydrogens (tertiary/aromatic N) is 1. The second-order valence-electron chi connectivity index (χ2n) is 9.95. The standard InChI is InChI=1S/C21H38BrN3O4Si/c1-20(2,3)30(4,5)29-17-9-8-12-25(19(27)28)16(17)13-15(26)14-24-18-10-6-7-11-21(18,22)23/h6-7,10-11,15-18,24,26H,8-9,12-14,23H2,1-5H3,(H,27,28)/t15?,16-,17+,18?,21?/m1/s1. The van der Waals surface area contributed by atoms with Crippen molar-refractivity contribution in [1.29, 1.82) is 0 Å². The van der Waals surface area contributed by atoms with Gasteiger partial charge in [-0.15, -0.1) is 0 Å². The Balaban J connectivity index is 2.07. The number of piperidine rings is 1. The smallest absolute Gasteiger partial charge is 0.407 e. The zero-order valence-electron chi connectivity index (χ0n) is 18.8. The monoisotopic (exact) mass is 503 g/mol. The first kappa shape index (κ1) is 25.5. The maximum atomic E-state index is 11.9. The first-order chi connectivity index (χ1) is 13.7. The van der Waals surface area contributed by atoms with Crippen molar-refractivity contribution in [3.8, 4) is 0 Å². The number of hydrogen-bond donors (Lipinski definition) is 4. The minimum Gasteiger partial charge on any atom is -0.465 e. The lowest BCUT2D eigenvalue weighted by Crippen LogP contribution is -2.57. The van der Waals surface area contributed by atoms with Crippen molar-refractivity contribution in [3.63, 3.8) is 0 Å². The average Bonchev–Trinajstić information content (AvgIpc) is 2.60. The zero-order chi connectivity index (χ0) is 22.7. The van der Waals surface area contributed by atoms with E-state index >= 15 is 0 Å². The molecule has 30 heavy (non-hydrogen) atoms. The SMILES string of the molecule is CC(C)(C)[Si](C)(C)O[C@H]1CCCN(C(=O)O)[C@@H]1CC(O)CNC1C=CC=CC1(N)Br. The third-order valence-corrected chi connectivity index (χ3v) is 11.8. The minimum atomic E-state index is -2.07. The number of aliphatic hydroxyl groups is 1. The topological polar surface area (TPSA) is 108 Å². The van der Waals surface area contributed by atoms with Crippen LogP contribution in [0.25, 0.3) is 0 Å². The Morgan fingerprint density at radius 2 is 2.10 bits per heavy atom. The fourth-order valence-corrected chi connectivity index (χ4v) is 5.56. The predicted molar refractivity (Wildman–Crippen MR) is 126 cm³/mol. The molecule has 0 aromatic heterocycles. The Bertz CT molecular complexity index is 663. The maximum absolute atomic E-state index is 11.9. The van der Waals surface area contributed by atoms with Crippen molar-refractivity contribution >= 4 is 30.3 Å². The molecule has 1 aliphatic carbocycles. The highest BCUT2D eigenvalue weighted by molar-refractivity contribution is 9.10. The fraction of sp³-hybridized carbons (Fsp3) is 0.762. The Morgan fingerprint density at radius 3 is 2.67 bits per heavy atom. The number of nitrogens with two attached hydrogens (primary N) is 1. The lowest BCUT2D eigenvalue weighted by Gasteiger charge is -2.46. The summed E-state index contributed by atoms with van der Waals surface area (Å²) in [7, 11) is -2.07. The lowest BCUT2D eigenvalue weighted by atomic mass is 9.94. The average molecular weight is 505 g/mol. The molecular formula is C21H38BrN3O4Si. The molecule has 3 unspecified atom stereocenters. The van der Waals surface area contributed by atoms with Gasteiger partial charge in [0.15, 0.2) is 8.32 Å². The van der Waals surface area contributed by atoms with Crippen LogP contribution < -0.4 is 11.1 Å². The highest BCUT2D eigenvalue weighted by Crippen LogP contribution is 2.39. The molecule has 172 valence electrons. The van der Waals surface area contributed by atoms with E-state index in [4.69, 9.17) is 10.2 Å². The molecule has 1 amide bonds. The van der Waals surface area contributed by atoms with E-state index in [1.165, 1.54) is 4.90 Å². The number of aliphatic hydroxyl groups excluding tert-OH is 1. The molecule has 0 spiro atoms. The van der Waals surface area contributed by atoms with E-state index in [9.17, 15) is 15.0 Å². The molecule has 0 bridgehead atoms. The van der Waals surface area contributed by atoms with Crippen molar-refractivity contribution < 1.29 is 19.4 Å². The van der Waals surface area contributed by atoms with E-state index in [0.717, 1.165) is 12.8 Å². The number of amides is 1. The third kappa shape index (κ3) is 6.40. The quantitative estimate of drug-likeness (QED) is 0.241. The summed E-state index contributed by atoms with van der Waals surface area (Å²) in [6.45, 7) is 11.7. The van der Waals surface area contributed by atoms with Crippen LogP contribution in [0, 0.1) is 0 Å². The number of allylic oxidation sites excluding steroid dienone is 2. The minimum absolute atomic E-state index is 0.0321. The van der Waals surface area contributed by atoms with Gasteiger partial charge in [0.1, 0.15) is 4.45 Å². The molecule has 0 radical (unpaired) electrons. The molecule has 1 heterocycles. The van der Waals surface area contributed by atoms with Gasteiger partial charge in [-0.1, -0.05) is 61.0 Å². The van der Waals surface area contributed by atoms with Crippen molar-refractivity contribution in [2.24, 2.45) is 5.73 Å². The van der Waals surface area contributed by atoms with Gasteiger partial charge in [-0.25, -0.2) is 4.79 Å². The first-order valence-electron chi connectivity index (χ1n) is 10.7. The van der Waals surface area contributed by atoms with E-state index < -0.39 is 25.0 Å². The second-order valence-corrected chi connectivity index (χ2v) is 16.1. The van der Waals surface area contributed by atoms with Crippen LogP contribution in [-0.4, -0.2) is 71.4 Å². The molecule has 1 saturated heterocycles. The molecule has 0 aromatic rings. The normalized spacial score (nSPS) is 31.1. The van der Waals surface area contributed by atoms with Crippen LogP contribution >= 0.6 is 15.9 Å². The molecular weight excluding hydrogens is 466 g/mol. The molecule has 1 fully saturated rings. The number of carboxylic acid groups (broad SMARTS) is 1. The summed E-state index contributed by atoms with van der Waals surface area (Å²) in [6.07, 6.45) is 7.61. The van der Waals surface area contributed by atoms with E-state index in [1.807, 2.05) is 24.3 Å². The van der Waals surface area contributed by atoms with E-state index in [0.29, 0.717) is 19.5 Å². The van der Waals surface area contributed by atoms with Gasteiger partial charge in [-0.3, -0.25) is 0 Å². The zero-order valence-corrected chi connectivity index (χ0v) is 21.4. The molecule has 2 rings (SSSR count). The summed E-state index contributed by atoms with van der Waals surface area (Å²) in [5.74, 6) is 0. The summed E-state index contributed by atoms with van der Waals surface area (Å²) in [6, 6.07) is -0.533. The van der Waals surface area contributed by atoms with Crippen molar-refractivity contribution in [3.05, 3.63) is 24.3 Å². The van der Waals surface area contributed by atoms with Gasteiger partial charge in [0, 0.05) is 13.1 Å². The molecule has 9 heteroatoms. The van der Waals surface area contributed by atoms with Gasteiger partial charge in [0.2, 0.25) is 0 Å². The molecule has 5 atom stereocenters. The molecule has 0 aromatic carbocycles. The first-order valence-corrected chi connectivity index (χ1v) is 14.4. The predicted octanol–water partition coefficient (Wildman–Crippen LogP) is 3.40. The van der Waals surface area contributed by atoms with Gasteiger partial charge >= 0.3 is 6.09 Å². The van der Waals surface area contributed by atoms with Crippen molar-refractivity contribution in [2.75, 3.05) is 13.1 Å². The maximum Gasteiger partial charge on any atom is 0.407 e. The second kappa shape index (κ2) is 9.83. The van der Waals surface area contributed by atoms with Gasteiger partial charge in [-0.05, 0) is 37.4 Å². The Hall–Kier alpha value is -0.713. The molecule has 7 nitrogen and oxygen atoms in total. The molecule has 2 aliphatic rings. The molecule has 0 saturated carbocycles. The number of likely N-dealkylation sites (tertiary alicyclic amines) is 1. The lowest BCUT2D eigenvalue weighted by molar-refractivity contribution is -0.000841. The van der Waals surface area contributed by atoms with Crippen LogP contribution in [0.4, 0.5) is 4.79 Å². The van der Waals surface area contributed by atoms with Gasteiger partial charge < -0.3 is 30.6 Å². The summed E-state index contributed by atoms with van der Waals surface area (Å²) < 4.78 is 5.90. The van der Waals surface area contributed by atoms with Gasteiger partial charge in [-0.2, -0.15) is 0 Å². The van der Waals surface area contributed by atoms with Crippen molar-refractivity contribution in [1.82, 2.24) is 10.2 Å². The molecule has 5 N–H and O–H groups in total. The van der Waals surface area contributed by atoms with E-state index in [-0.39, 0.29) is 23.2 Å². The van der Waals surface area contributed by atoms with E-state index in [1.54, 1.807) is 0 Å². The number of carbonyl (C=O) groups is 1. The third-order valence-electron chi connectivity index (χ3n) is 6.55. The summed E-state index contributed by atoms with van der Waals surface area (Å²) in [5, 5.41) is 23.8. The summed E-state index contributed by atoms with van der Waals surface area (Å²) in [5.41, 5.74) is 6.22. The van der Waals surface area contributed by atoms with Crippen LogP contribution in [-0.2, 0) is 4.43 Å². The highest BCUT2D eigenvalue weighted by Gasteiger charge is 2.44. The van der Waals surface area contributed by atoms with Crippen LogP contribution in [0.5, 0.6) is 0 Å². The van der Waals surface area contributed by atoms with E-state index in [2.05, 4.69) is 55.1 Å². The van der Waals surface area contributed by atoms with Gasteiger partial charge in [0.05, 0.1) is 24.3 Å². The Kier molecular flexibility index (Phi) is 8.37. The van der Waals surface area contributed by atoms with Crippen LogP contribution in [0.15, 0.2) is 24.3 Å². The highest BCUT2D eigenvalue weighted by atomic mass is 79.9. The summed E-state index contributed by atoms with van der Waals surface area (Å²) in [4.78, 5) is 13.3. The number of nitrogens with one attached hydrogen (secondary N) is 1. The molecule has 1 aliphatic heterocycles. The Labute approximate surface area is 190 Å². The number of rotatable bonds is 7. The van der Waals surface area contributed by atoms with Crippen molar-refractivity contribution in [2.45, 2.75) is 86.9 Å². The number of hydrogen-bond acceptors (Lipinski definition) is 5. The Morgan fingerprint density at radius 1 is 1.43 bits per heavy atom. The number of alkyl halides is 1. The number of halogens is 1. The van der Waals surface area contributed by atoms with Crippen LogP contribution in [0.2, 0.25) is 18.1 Å². The van der Waals surface area contributed by atoms with Crippen LogP contribution in [0.1, 0.15) is 40.0 Å². The largest absolute Gasteiger partial charge is 0.465 e. The van der Waals surface area contributed by atoms with Gasteiger partial charge in [0.25, 0.3) is 0 Å². The fourth-order valence-electron chi connectivity index (χ4n) is 3.71. The summed E-state index contributed by atoms with van der Waals surface area (Å²) >= 11 is 3.49. The van der Waals surface area contributed by atoms with Crippen LogP contribution in [0.3, 0.4) is 0 Å².